The van der Waals surface area contributed by atoms with Crippen LogP contribution in [-0.2, 0) is 12.8 Å². The number of rotatable bonds is 0. The fraction of sp³-hybridized carbons (Fsp3) is 0.250. The topological polar surface area (TPSA) is 0 Å². The lowest BCUT2D eigenvalue weighted by molar-refractivity contribution is 0.911. The Balaban J connectivity index is 2.30. The molecule has 0 spiro atoms. The lowest BCUT2D eigenvalue weighted by Gasteiger charge is -2.05. The van der Waals surface area contributed by atoms with Gasteiger partial charge in [0, 0.05) is 6.42 Å². The second-order valence-electron chi connectivity index (χ2n) is 3.59. The first-order valence-corrected chi connectivity index (χ1v) is 4.61. The van der Waals surface area contributed by atoms with Gasteiger partial charge in [0.05, 0.1) is 0 Å². The first-order valence-electron chi connectivity index (χ1n) is 4.61. The van der Waals surface area contributed by atoms with Crippen LogP contribution in [0.1, 0.15) is 28.7 Å². The summed E-state index contributed by atoms with van der Waals surface area (Å²) in [5, 5.41) is 0. The van der Waals surface area contributed by atoms with Gasteiger partial charge in [0.1, 0.15) is 0 Å². The zero-order chi connectivity index (χ0) is 7.97. The summed E-state index contributed by atoms with van der Waals surface area (Å²) in [5.74, 6) is 0. The second-order valence-corrected chi connectivity index (χ2v) is 3.59. The summed E-state index contributed by atoms with van der Waals surface area (Å²) < 4.78 is 0. The average Bonchev–Trinajstić information content (AvgIpc) is 2.71. The number of allylic oxidation sites excluding steroid dienone is 1. The van der Waals surface area contributed by atoms with Gasteiger partial charge in [0.2, 0.25) is 0 Å². The van der Waals surface area contributed by atoms with Crippen molar-refractivity contribution in [3.63, 3.8) is 0 Å². The number of hydrogen-bond donors (Lipinski definition) is 0. The van der Waals surface area contributed by atoms with E-state index in [0.29, 0.717) is 0 Å². The van der Waals surface area contributed by atoms with Crippen molar-refractivity contribution < 1.29 is 0 Å². The normalized spacial score (nSPS) is 18.0. The SMILES string of the molecule is [CH]1C=Cc2c1ccc1c2CCC1. The number of benzene rings is 1. The van der Waals surface area contributed by atoms with Crippen molar-refractivity contribution in [1.29, 1.82) is 0 Å². The largest absolute Gasteiger partial charge is 0.0754 e. The van der Waals surface area contributed by atoms with Gasteiger partial charge in [-0.25, -0.2) is 0 Å². The van der Waals surface area contributed by atoms with E-state index in [2.05, 4.69) is 30.7 Å². The molecule has 0 atom stereocenters. The van der Waals surface area contributed by atoms with Crippen LogP contribution >= 0.6 is 0 Å². The van der Waals surface area contributed by atoms with E-state index in [1.807, 2.05) is 0 Å². The molecule has 0 heterocycles. The molecular formula is C12H11. The standard InChI is InChI=1S/C12H11/c1-3-9-7-8-10-4-2-6-12(10)11(9)5-1/h1,3,5,7-8H,2,4,6H2. The molecule has 1 radical (unpaired) electrons. The highest BCUT2D eigenvalue weighted by atomic mass is 14.2. The first-order chi connectivity index (χ1) is 5.95. The van der Waals surface area contributed by atoms with Crippen LogP contribution in [-0.4, -0.2) is 0 Å². The van der Waals surface area contributed by atoms with E-state index in [0.717, 1.165) is 0 Å². The Morgan fingerprint density at radius 2 is 2.08 bits per heavy atom. The predicted molar refractivity (Wildman–Crippen MR) is 50.9 cm³/mol. The molecule has 0 aliphatic heterocycles. The number of hydrogen-bond acceptors (Lipinski definition) is 0. The van der Waals surface area contributed by atoms with E-state index < -0.39 is 0 Å². The van der Waals surface area contributed by atoms with Crippen LogP contribution in [0, 0.1) is 6.42 Å². The zero-order valence-electron chi connectivity index (χ0n) is 7.01. The molecule has 0 aromatic heterocycles. The lowest BCUT2D eigenvalue weighted by Crippen LogP contribution is -1.89. The Labute approximate surface area is 72.9 Å². The van der Waals surface area contributed by atoms with Crippen LogP contribution < -0.4 is 0 Å². The highest BCUT2D eigenvalue weighted by molar-refractivity contribution is 5.69. The molecule has 2 aliphatic rings. The van der Waals surface area contributed by atoms with Crippen molar-refractivity contribution in [2.75, 3.05) is 0 Å². The fourth-order valence-electron chi connectivity index (χ4n) is 2.30. The van der Waals surface area contributed by atoms with Crippen LogP contribution in [0.5, 0.6) is 0 Å². The molecule has 0 saturated heterocycles. The van der Waals surface area contributed by atoms with Crippen LogP contribution in [0.2, 0.25) is 0 Å². The first kappa shape index (κ1) is 6.47. The fourth-order valence-corrected chi connectivity index (χ4v) is 2.30. The third-order valence-electron chi connectivity index (χ3n) is 2.90. The van der Waals surface area contributed by atoms with Gasteiger partial charge >= 0.3 is 0 Å². The summed E-state index contributed by atoms with van der Waals surface area (Å²) >= 11 is 0. The molecule has 0 saturated carbocycles. The van der Waals surface area contributed by atoms with Gasteiger partial charge in [-0.05, 0) is 41.5 Å². The third-order valence-corrected chi connectivity index (χ3v) is 2.90. The Hall–Kier alpha value is -1.04. The Morgan fingerprint density at radius 3 is 3.08 bits per heavy atom. The highest BCUT2D eigenvalue weighted by Gasteiger charge is 2.17. The van der Waals surface area contributed by atoms with Gasteiger partial charge in [-0.2, -0.15) is 0 Å². The minimum atomic E-state index is 1.29. The molecule has 0 heteroatoms. The number of fused-ring (bicyclic) bond motifs is 3. The van der Waals surface area contributed by atoms with Crippen molar-refractivity contribution in [3.05, 3.63) is 46.9 Å². The minimum absolute atomic E-state index is 1.29. The summed E-state index contributed by atoms with van der Waals surface area (Å²) in [5.41, 5.74) is 6.09. The smallest absolute Gasteiger partial charge is 0.0131 e. The van der Waals surface area contributed by atoms with Crippen LogP contribution in [0.4, 0.5) is 0 Å². The average molecular weight is 155 g/mol. The van der Waals surface area contributed by atoms with Crippen molar-refractivity contribution in [2.45, 2.75) is 19.3 Å². The van der Waals surface area contributed by atoms with Crippen molar-refractivity contribution >= 4 is 6.08 Å². The molecule has 12 heavy (non-hydrogen) atoms. The van der Waals surface area contributed by atoms with E-state index in [4.69, 9.17) is 0 Å². The molecule has 1 aromatic carbocycles. The maximum Gasteiger partial charge on any atom is 0.0131 e. The minimum Gasteiger partial charge on any atom is -0.0754 e. The lowest BCUT2D eigenvalue weighted by atomic mass is 10.00. The van der Waals surface area contributed by atoms with Crippen LogP contribution in [0.25, 0.3) is 6.08 Å². The third kappa shape index (κ3) is 0.726. The van der Waals surface area contributed by atoms with Crippen molar-refractivity contribution in [3.8, 4) is 0 Å². The summed E-state index contributed by atoms with van der Waals surface area (Å²) in [6, 6.07) is 4.55. The zero-order valence-corrected chi connectivity index (χ0v) is 7.01. The molecular weight excluding hydrogens is 144 g/mol. The van der Waals surface area contributed by atoms with Gasteiger partial charge in [-0.15, -0.1) is 0 Å². The highest BCUT2D eigenvalue weighted by Crippen LogP contribution is 2.32. The van der Waals surface area contributed by atoms with E-state index in [-0.39, 0.29) is 0 Å². The molecule has 0 N–H and O–H groups in total. The van der Waals surface area contributed by atoms with Crippen molar-refractivity contribution in [1.82, 2.24) is 0 Å². The van der Waals surface area contributed by atoms with Gasteiger partial charge in [-0.3, -0.25) is 0 Å². The van der Waals surface area contributed by atoms with Gasteiger partial charge in [-0.1, -0.05) is 24.3 Å². The van der Waals surface area contributed by atoms with Gasteiger partial charge < -0.3 is 0 Å². The summed E-state index contributed by atoms with van der Waals surface area (Å²) in [6.45, 7) is 0. The monoisotopic (exact) mass is 155 g/mol. The Morgan fingerprint density at radius 1 is 1.08 bits per heavy atom. The van der Waals surface area contributed by atoms with E-state index >= 15 is 0 Å². The Kier molecular flexibility index (Phi) is 1.20. The second kappa shape index (κ2) is 2.22. The van der Waals surface area contributed by atoms with Crippen LogP contribution in [0.3, 0.4) is 0 Å². The molecule has 0 bridgehead atoms. The molecule has 0 amide bonds. The van der Waals surface area contributed by atoms with E-state index in [1.165, 1.54) is 30.4 Å². The summed E-state index contributed by atoms with van der Waals surface area (Å²) in [6.07, 6.45) is 10.5. The summed E-state index contributed by atoms with van der Waals surface area (Å²) in [4.78, 5) is 0. The molecule has 3 rings (SSSR count). The van der Waals surface area contributed by atoms with E-state index in [9.17, 15) is 0 Å². The molecule has 59 valence electrons. The predicted octanol–water partition coefficient (Wildman–Crippen LogP) is 2.75. The molecule has 1 aromatic rings. The molecule has 0 unspecified atom stereocenters. The maximum atomic E-state index is 2.30. The Bertz CT molecular complexity index is 359. The molecule has 0 fully saturated rings. The van der Waals surface area contributed by atoms with E-state index in [1.54, 1.807) is 11.1 Å². The quantitative estimate of drug-likeness (QED) is 0.540. The van der Waals surface area contributed by atoms with Gasteiger partial charge in [0.15, 0.2) is 0 Å². The maximum absolute atomic E-state index is 2.30. The van der Waals surface area contributed by atoms with Crippen molar-refractivity contribution in [2.24, 2.45) is 0 Å². The van der Waals surface area contributed by atoms with Crippen LogP contribution in [0.15, 0.2) is 18.2 Å². The molecule has 2 aliphatic carbocycles. The molecule has 0 nitrogen and oxygen atoms in total. The number of aryl methyl sites for hydroxylation is 1. The summed E-state index contributed by atoms with van der Waals surface area (Å²) in [7, 11) is 0. The van der Waals surface area contributed by atoms with Gasteiger partial charge in [0.25, 0.3) is 0 Å².